The SMILES string of the molecule is Cc1ccc(-c2noc(CN(C)CC(C)(CO)CO)n2)cc1F. The predicted molar refractivity (Wildman–Crippen MR) is 83.0 cm³/mol. The van der Waals surface area contributed by atoms with Crippen LogP contribution in [-0.4, -0.2) is 52.1 Å². The highest BCUT2D eigenvalue weighted by Crippen LogP contribution is 2.20. The van der Waals surface area contributed by atoms with Crippen LogP contribution < -0.4 is 0 Å². The standard InChI is InChI=1S/C16H22FN3O3/c1-11-4-5-12(6-13(11)17)15-18-14(23-19-15)7-20(3)8-16(2,9-21)10-22/h4-6,21-22H,7-10H2,1-3H3. The van der Waals surface area contributed by atoms with Crippen LogP contribution in [0, 0.1) is 18.2 Å². The fourth-order valence-corrected chi connectivity index (χ4v) is 2.26. The molecule has 7 heteroatoms. The van der Waals surface area contributed by atoms with Crippen molar-refractivity contribution >= 4 is 0 Å². The Morgan fingerprint density at radius 2 is 2.00 bits per heavy atom. The van der Waals surface area contributed by atoms with Gasteiger partial charge < -0.3 is 14.7 Å². The van der Waals surface area contributed by atoms with E-state index in [0.29, 0.717) is 35.9 Å². The Kier molecular flexibility index (Phi) is 5.46. The van der Waals surface area contributed by atoms with E-state index in [1.807, 2.05) is 11.9 Å². The van der Waals surface area contributed by atoms with Crippen molar-refractivity contribution < 1.29 is 19.1 Å². The van der Waals surface area contributed by atoms with Crippen molar-refractivity contribution in [3.05, 3.63) is 35.5 Å². The first-order valence-corrected chi connectivity index (χ1v) is 7.36. The van der Waals surface area contributed by atoms with Crippen LogP contribution in [-0.2, 0) is 6.54 Å². The van der Waals surface area contributed by atoms with Gasteiger partial charge in [-0.25, -0.2) is 4.39 Å². The molecule has 0 spiro atoms. The molecule has 0 aliphatic rings. The molecular weight excluding hydrogens is 301 g/mol. The lowest BCUT2D eigenvalue weighted by Gasteiger charge is -2.29. The van der Waals surface area contributed by atoms with E-state index >= 15 is 0 Å². The van der Waals surface area contributed by atoms with E-state index in [9.17, 15) is 14.6 Å². The van der Waals surface area contributed by atoms with Gasteiger partial charge in [-0.2, -0.15) is 4.98 Å². The first kappa shape index (κ1) is 17.5. The average molecular weight is 323 g/mol. The molecule has 0 aliphatic carbocycles. The fourth-order valence-electron chi connectivity index (χ4n) is 2.26. The van der Waals surface area contributed by atoms with Gasteiger partial charge in [-0.15, -0.1) is 0 Å². The lowest BCUT2D eigenvalue weighted by molar-refractivity contribution is 0.0378. The molecule has 6 nitrogen and oxygen atoms in total. The first-order chi connectivity index (χ1) is 10.9. The van der Waals surface area contributed by atoms with Crippen molar-refractivity contribution in [3.8, 4) is 11.4 Å². The topological polar surface area (TPSA) is 82.6 Å². The molecule has 0 saturated carbocycles. The van der Waals surface area contributed by atoms with E-state index < -0.39 is 5.41 Å². The molecule has 0 saturated heterocycles. The molecule has 0 radical (unpaired) electrons. The van der Waals surface area contributed by atoms with Crippen LogP contribution in [0.2, 0.25) is 0 Å². The third-order valence-electron chi connectivity index (χ3n) is 3.72. The minimum Gasteiger partial charge on any atom is -0.396 e. The second-order valence-electron chi connectivity index (χ2n) is 6.27. The molecule has 0 bridgehead atoms. The summed E-state index contributed by atoms with van der Waals surface area (Å²) in [5.41, 5.74) is 0.517. The molecule has 0 fully saturated rings. The van der Waals surface area contributed by atoms with Crippen LogP contribution >= 0.6 is 0 Å². The predicted octanol–water partition coefficient (Wildman–Crippen LogP) is 1.61. The van der Waals surface area contributed by atoms with Crippen LogP contribution in [0.4, 0.5) is 4.39 Å². The third-order valence-corrected chi connectivity index (χ3v) is 3.72. The summed E-state index contributed by atoms with van der Waals surface area (Å²) < 4.78 is 18.8. The highest BCUT2D eigenvalue weighted by Gasteiger charge is 2.25. The van der Waals surface area contributed by atoms with Gasteiger partial charge in [-0.05, 0) is 25.6 Å². The molecule has 1 aromatic heterocycles. The van der Waals surface area contributed by atoms with Gasteiger partial charge in [0.05, 0.1) is 19.8 Å². The van der Waals surface area contributed by atoms with Crippen LogP contribution in [0.5, 0.6) is 0 Å². The second kappa shape index (κ2) is 7.16. The smallest absolute Gasteiger partial charge is 0.241 e. The number of aryl methyl sites for hydroxylation is 1. The summed E-state index contributed by atoms with van der Waals surface area (Å²) in [6.45, 7) is 4.08. The number of halogens is 1. The average Bonchev–Trinajstić information content (AvgIpc) is 2.98. The molecule has 0 aliphatic heterocycles. The second-order valence-corrected chi connectivity index (χ2v) is 6.27. The van der Waals surface area contributed by atoms with Crippen LogP contribution in [0.15, 0.2) is 22.7 Å². The Bertz CT molecular complexity index is 656. The molecule has 0 amide bonds. The molecule has 2 N–H and O–H groups in total. The molecule has 1 aromatic carbocycles. The summed E-state index contributed by atoms with van der Waals surface area (Å²) in [6.07, 6.45) is 0. The van der Waals surface area contributed by atoms with Gasteiger partial charge in [0.2, 0.25) is 11.7 Å². The van der Waals surface area contributed by atoms with Crippen molar-refractivity contribution in [1.29, 1.82) is 0 Å². The van der Waals surface area contributed by atoms with Gasteiger partial charge >= 0.3 is 0 Å². The Morgan fingerprint density at radius 3 is 2.61 bits per heavy atom. The zero-order valence-electron chi connectivity index (χ0n) is 13.6. The van der Waals surface area contributed by atoms with E-state index in [1.54, 1.807) is 26.0 Å². The number of rotatable bonds is 7. The zero-order chi connectivity index (χ0) is 17.0. The van der Waals surface area contributed by atoms with Gasteiger partial charge in [0.1, 0.15) is 5.82 Å². The van der Waals surface area contributed by atoms with E-state index in [4.69, 9.17) is 4.52 Å². The van der Waals surface area contributed by atoms with Crippen LogP contribution in [0.25, 0.3) is 11.4 Å². The van der Waals surface area contributed by atoms with Gasteiger partial charge in [-0.1, -0.05) is 24.2 Å². The number of aliphatic hydroxyl groups excluding tert-OH is 2. The Hall–Kier alpha value is -1.83. The van der Waals surface area contributed by atoms with Gasteiger partial charge in [-0.3, -0.25) is 4.90 Å². The Labute approximate surface area is 134 Å². The van der Waals surface area contributed by atoms with E-state index in [2.05, 4.69) is 10.1 Å². The van der Waals surface area contributed by atoms with Crippen molar-refractivity contribution in [1.82, 2.24) is 15.0 Å². The highest BCUT2D eigenvalue weighted by molar-refractivity contribution is 5.54. The molecule has 1 heterocycles. The molecule has 0 atom stereocenters. The minimum atomic E-state index is -0.600. The molecule has 126 valence electrons. The van der Waals surface area contributed by atoms with E-state index in [0.717, 1.165) is 0 Å². The maximum absolute atomic E-state index is 13.6. The summed E-state index contributed by atoms with van der Waals surface area (Å²) in [6, 6.07) is 4.79. The summed E-state index contributed by atoms with van der Waals surface area (Å²) in [7, 11) is 1.83. The number of nitrogens with zero attached hydrogens (tertiary/aromatic N) is 3. The highest BCUT2D eigenvalue weighted by atomic mass is 19.1. The Morgan fingerprint density at radius 1 is 1.30 bits per heavy atom. The van der Waals surface area contributed by atoms with Crippen molar-refractivity contribution in [3.63, 3.8) is 0 Å². The number of aromatic nitrogens is 2. The third kappa shape index (κ3) is 4.34. The van der Waals surface area contributed by atoms with Gasteiger partial charge in [0.25, 0.3) is 0 Å². The largest absolute Gasteiger partial charge is 0.396 e. The number of benzene rings is 1. The van der Waals surface area contributed by atoms with Gasteiger partial charge in [0, 0.05) is 17.5 Å². The lowest BCUT2D eigenvalue weighted by Crippen LogP contribution is -2.38. The molecule has 2 aromatic rings. The summed E-state index contributed by atoms with van der Waals surface area (Å²) >= 11 is 0. The summed E-state index contributed by atoms with van der Waals surface area (Å²) in [5, 5.41) is 22.5. The van der Waals surface area contributed by atoms with Crippen molar-refractivity contribution in [2.45, 2.75) is 20.4 Å². The minimum absolute atomic E-state index is 0.119. The molecule has 2 rings (SSSR count). The zero-order valence-corrected chi connectivity index (χ0v) is 13.6. The molecular formula is C16H22FN3O3. The maximum atomic E-state index is 13.6. The van der Waals surface area contributed by atoms with Crippen LogP contribution in [0.1, 0.15) is 18.4 Å². The van der Waals surface area contributed by atoms with Crippen LogP contribution in [0.3, 0.4) is 0 Å². The molecule has 23 heavy (non-hydrogen) atoms. The number of hydrogen-bond acceptors (Lipinski definition) is 6. The quantitative estimate of drug-likeness (QED) is 0.805. The lowest BCUT2D eigenvalue weighted by atomic mass is 9.92. The fraction of sp³-hybridized carbons (Fsp3) is 0.500. The number of aliphatic hydroxyl groups is 2. The Balaban J connectivity index is 2.06. The monoisotopic (exact) mass is 323 g/mol. The number of hydrogen-bond donors (Lipinski definition) is 2. The maximum Gasteiger partial charge on any atom is 0.241 e. The van der Waals surface area contributed by atoms with E-state index in [-0.39, 0.29) is 19.0 Å². The normalized spacial score (nSPS) is 12.1. The van der Waals surface area contributed by atoms with Crippen molar-refractivity contribution in [2.24, 2.45) is 5.41 Å². The van der Waals surface area contributed by atoms with Crippen molar-refractivity contribution in [2.75, 3.05) is 26.8 Å². The summed E-state index contributed by atoms with van der Waals surface area (Å²) in [4.78, 5) is 6.14. The van der Waals surface area contributed by atoms with Gasteiger partial charge in [0.15, 0.2) is 0 Å². The summed E-state index contributed by atoms with van der Waals surface area (Å²) in [5.74, 6) is 0.411. The first-order valence-electron chi connectivity index (χ1n) is 7.36. The van der Waals surface area contributed by atoms with E-state index in [1.165, 1.54) is 6.07 Å². The molecule has 0 unspecified atom stereocenters.